The van der Waals surface area contributed by atoms with Crippen LogP contribution in [0.2, 0.25) is 0 Å². The summed E-state index contributed by atoms with van der Waals surface area (Å²) < 4.78 is 0. The Morgan fingerprint density at radius 2 is 0.346 bits per heavy atom. The molecule has 0 bridgehead atoms. The van der Waals surface area contributed by atoms with Crippen molar-refractivity contribution < 1.29 is 0 Å². The molecule has 376 valence electrons. The lowest BCUT2D eigenvalue weighted by Crippen LogP contribution is -1.99. The topological polar surface area (TPSA) is 0 Å². The molecule has 0 amide bonds. The fourth-order valence-electron chi connectivity index (χ4n) is 13.5. The second-order valence-corrected chi connectivity index (χ2v) is 22.4. The van der Waals surface area contributed by atoms with E-state index in [1.807, 2.05) is 11.8 Å². The summed E-state index contributed by atoms with van der Waals surface area (Å²) in [4.78, 5) is 2.36. The first kappa shape index (κ1) is 47.0. The van der Waals surface area contributed by atoms with Gasteiger partial charge in [-0.3, -0.25) is 0 Å². The summed E-state index contributed by atoms with van der Waals surface area (Å²) in [5.74, 6) is 0. The lowest BCUT2D eigenvalue weighted by molar-refractivity contribution is 1.40. The third-order valence-electron chi connectivity index (χ3n) is 16.8. The van der Waals surface area contributed by atoms with Crippen molar-refractivity contribution in [2.45, 2.75) is 9.79 Å². The molecule has 0 saturated heterocycles. The fraction of sp³-hybridized carbons (Fsp3) is 0. The van der Waals surface area contributed by atoms with E-state index in [0.717, 1.165) is 0 Å². The predicted molar refractivity (Wildman–Crippen MR) is 344 cm³/mol. The number of hydrogen-bond acceptors (Lipinski definition) is 1. The Morgan fingerprint density at radius 1 is 0.148 bits per heavy atom. The summed E-state index contributed by atoms with van der Waals surface area (Å²) in [6, 6.07) is 113. The summed E-state index contributed by atoms with van der Waals surface area (Å²) in [5.41, 5.74) is 29.9. The van der Waals surface area contributed by atoms with Gasteiger partial charge in [0.1, 0.15) is 0 Å². The Bertz CT molecular complexity index is 4420. The van der Waals surface area contributed by atoms with Crippen molar-refractivity contribution in [1.82, 2.24) is 0 Å². The highest BCUT2D eigenvalue weighted by molar-refractivity contribution is 7.99. The van der Waals surface area contributed by atoms with Crippen LogP contribution in [0.4, 0.5) is 0 Å². The minimum atomic E-state index is 1.18. The average Bonchev–Trinajstić information content (AvgIpc) is 4.22. The zero-order valence-corrected chi connectivity index (χ0v) is 45.1. The minimum absolute atomic E-state index is 1.18. The maximum absolute atomic E-state index is 2.36. The van der Waals surface area contributed by atoms with Crippen molar-refractivity contribution >= 4 is 33.3 Å². The van der Waals surface area contributed by atoms with Crippen molar-refractivity contribution in [1.29, 1.82) is 0 Å². The Kier molecular flexibility index (Phi) is 11.3. The van der Waals surface area contributed by atoms with Crippen LogP contribution in [-0.2, 0) is 0 Å². The van der Waals surface area contributed by atoms with Crippen molar-refractivity contribution in [3.8, 4) is 134 Å². The molecule has 0 spiro atoms. The van der Waals surface area contributed by atoms with Gasteiger partial charge < -0.3 is 0 Å². The maximum atomic E-state index is 2.36. The molecular weight excluding hydrogens is 993 g/mol. The molecule has 0 saturated carbocycles. The Morgan fingerprint density at radius 3 is 0.568 bits per heavy atom. The van der Waals surface area contributed by atoms with Gasteiger partial charge in [-0.05, 0) is 179 Å². The van der Waals surface area contributed by atoms with Gasteiger partial charge in [-0.25, -0.2) is 0 Å². The molecule has 0 radical (unpaired) electrons. The van der Waals surface area contributed by atoms with E-state index in [1.54, 1.807) is 0 Å². The summed E-state index contributed by atoms with van der Waals surface area (Å²) in [6.45, 7) is 0. The molecule has 1 heteroatoms. The largest absolute Gasteiger partial charge is 0.0901 e. The first-order chi connectivity index (χ1) is 40.2. The number of fused-ring (bicyclic) bond motifs is 6. The molecule has 0 aromatic heterocycles. The van der Waals surface area contributed by atoms with E-state index in [4.69, 9.17) is 0 Å². The number of rotatable bonds is 10. The summed E-state index contributed by atoms with van der Waals surface area (Å²) in [6.07, 6.45) is 0. The molecule has 0 atom stereocenters. The molecule has 0 nitrogen and oxygen atoms in total. The highest BCUT2D eigenvalue weighted by atomic mass is 32.2. The van der Waals surface area contributed by atoms with Gasteiger partial charge >= 0.3 is 0 Å². The Balaban J connectivity index is 0.874. The maximum Gasteiger partial charge on any atom is 0.0122 e. The quantitative estimate of drug-likeness (QED) is 0.132. The van der Waals surface area contributed by atoms with Crippen molar-refractivity contribution in [2.75, 3.05) is 0 Å². The zero-order chi connectivity index (χ0) is 53.4. The van der Waals surface area contributed by atoms with Crippen LogP contribution in [-0.4, -0.2) is 0 Å². The molecule has 0 heterocycles. The first-order valence-electron chi connectivity index (χ1n) is 28.0. The van der Waals surface area contributed by atoms with E-state index in [1.165, 1.54) is 165 Å². The van der Waals surface area contributed by atoms with Crippen LogP contribution in [0.15, 0.2) is 313 Å². The van der Waals surface area contributed by atoms with Gasteiger partial charge in [-0.15, -0.1) is 0 Å². The van der Waals surface area contributed by atoms with Gasteiger partial charge in [0.05, 0.1) is 0 Å². The van der Waals surface area contributed by atoms with Gasteiger partial charge in [0.25, 0.3) is 0 Å². The highest BCUT2D eigenvalue weighted by Crippen LogP contribution is 2.63. The van der Waals surface area contributed by atoms with Gasteiger partial charge in [0, 0.05) is 9.79 Å². The standard InChI is InChI=1S/C80H50S/c1-7-23-53(24-8-1)69-71(75(57-31-15-5-16-32-57)79-65-41-21-37-51-35-19-39-63(67(51)65)77(79)73(69)55-27-11-3-12-28-55)59-43-47-61(48-44-59)81-62-49-45-60(46-50-62)72-70(54-25-9-2-10-26-54)74(56-29-13-4-14-30-56)78-64-40-20-36-52-38-22-42-66(68(52)64)80(78)76(72)58-33-17-6-18-34-58/h1-50H. The predicted octanol–water partition coefficient (Wildman–Crippen LogP) is 22.8. The molecule has 0 aliphatic heterocycles. The zero-order valence-electron chi connectivity index (χ0n) is 44.3. The Hall–Kier alpha value is -10.1. The SMILES string of the molecule is c1ccc(-c2c(-c3ccc(Sc4ccc(-c5c(-c6ccccc6)c(-c6ccccc6)c6c(c5-c5ccccc5)-c5cccc7cccc-6c57)cc4)cc3)c(-c3ccccc3)c3c(c2-c2ccccc2)-c2cccc4cccc-3c24)cc1. The van der Waals surface area contributed by atoms with Crippen LogP contribution >= 0.6 is 11.8 Å². The van der Waals surface area contributed by atoms with Crippen LogP contribution in [0.25, 0.3) is 155 Å². The molecule has 0 N–H and O–H groups in total. The van der Waals surface area contributed by atoms with Crippen LogP contribution in [0.1, 0.15) is 0 Å². The van der Waals surface area contributed by atoms with Crippen LogP contribution in [0.5, 0.6) is 0 Å². The summed E-state index contributed by atoms with van der Waals surface area (Å²) in [7, 11) is 0. The molecule has 0 unspecified atom stereocenters. The Labute approximate surface area is 477 Å². The van der Waals surface area contributed by atoms with Crippen molar-refractivity contribution in [3.63, 3.8) is 0 Å². The monoisotopic (exact) mass is 1040 g/mol. The van der Waals surface area contributed by atoms with Gasteiger partial charge in [-0.1, -0.05) is 291 Å². The van der Waals surface area contributed by atoms with E-state index in [0.29, 0.717) is 0 Å². The molecular formula is C80H50S. The molecule has 14 aromatic carbocycles. The second-order valence-electron chi connectivity index (χ2n) is 21.3. The first-order valence-corrected chi connectivity index (χ1v) is 28.8. The molecule has 14 aromatic rings. The smallest absolute Gasteiger partial charge is 0.0122 e. The van der Waals surface area contributed by atoms with Crippen molar-refractivity contribution in [3.05, 3.63) is 303 Å². The molecule has 0 fully saturated rings. The molecule has 81 heavy (non-hydrogen) atoms. The van der Waals surface area contributed by atoms with E-state index in [2.05, 4.69) is 303 Å². The third-order valence-corrected chi connectivity index (χ3v) is 17.8. The van der Waals surface area contributed by atoms with Gasteiger partial charge in [-0.2, -0.15) is 0 Å². The molecule has 2 aliphatic rings. The lowest BCUT2D eigenvalue weighted by Gasteiger charge is -2.26. The lowest BCUT2D eigenvalue weighted by atomic mass is 9.76. The van der Waals surface area contributed by atoms with Gasteiger partial charge in [0.2, 0.25) is 0 Å². The number of benzene rings is 14. The van der Waals surface area contributed by atoms with E-state index in [-0.39, 0.29) is 0 Å². The highest BCUT2D eigenvalue weighted by Gasteiger charge is 2.36. The molecule has 16 rings (SSSR count). The summed E-state index contributed by atoms with van der Waals surface area (Å²) >= 11 is 1.81. The number of hydrogen-bond donors (Lipinski definition) is 0. The fourth-order valence-corrected chi connectivity index (χ4v) is 14.4. The minimum Gasteiger partial charge on any atom is -0.0901 e. The average molecular weight is 1040 g/mol. The third kappa shape index (κ3) is 7.61. The van der Waals surface area contributed by atoms with E-state index in [9.17, 15) is 0 Å². The van der Waals surface area contributed by atoms with Crippen LogP contribution in [0.3, 0.4) is 0 Å². The van der Waals surface area contributed by atoms with E-state index >= 15 is 0 Å². The van der Waals surface area contributed by atoms with Gasteiger partial charge in [0.15, 0.2) is 0 Å². The normalized spacial score (nSPS) is 11.8. The van der Waals surface area contributed by atoms with Crippen LogP contribution < -0.4 is 0 Å². The van der Waals surface area contributed by atoms with Crippen molar-refractivity contribution in [2.24, 2.45) is 0 Å². The van der Waals surface area contributed by atoms with Crippen LogP contribution in [0, 0.1) is 0 Å². The second kappa shape index (κ2) is 19.4. The molecule has 2 aliphatic carbocycles. The summed E-state index contributed by atoms with van der Waals surface area (Å²) in [5, 5.41) is 5.17. The van der Waals surface area contributed by atoms with E-state index < -0.39 is 0 Å².